The van der Waals surface area contributed by atoms with Crippen molar-refractivity contribution in [3.8, 4) is 0 Å². The summed E-state index contributed by atoms with van der Waals surface area (Å²) in [6, 6.07) is 17.5. The lowest BCUT2D eigenvalue weighted by molar-refractivity contribution is -0.127. The Bertz CT molecular complexity index is 1170. The number of hydrogen-bond acceptors (Lipinski definition) is 3. The summed E-state index contributed by atoms with van der Waals surface area (Å²) >= 11 is 12.6. The van der Waals surface area contributed by atoms with Gasteiger partial charge in [-0.25, -0.2) is 4.68 Å². The first kappa shape index (κ1) is 24.4. The number of unbranched alkanes of at least 4 members (excludes halogenated alkanes) is 1. The largest absolute Gasteiger partial charge is 0.344 e. The summed E-state index contributed by atoms with van der Waals surface area (Å²) in [5, 5.41) is 8.84. The van der Waals surface area contributed by atoms with Crippen molar-refractivity contribution in [2.45, 2.75) is 45.6 Å². The Labute approximate surface area is 211 Å². The number of benzene rings is 2. The predicted octanol–water partition coefficient (Wildman–Crippen LogP) is 6.74. The molecule has 0 aliphatic carbocycles. The highest BCUT2D eigenvalue weighted by Gasteiger charge is 2.35. The Hall–Kier alpha value is -2.76. The summed E-state index contributed by atoms with van der Waals surface area (Å²) in [6.07, 6.45) is 5.57. The summed E-state index contributed by atoms with van der Waals surface area (Å²) in [7, 11) is 0. The van der Waals surface area contributed by atoms with Crippen molar-refractivity contribution < 1.29 is 4.79 Å². The Morgan fingerprint density at radius 1 is 1.06 bits per heavy atom. The van der Waals surface area contributed by atoms with E-state index in [1.807, 2.05) is 40.8 Å². The lowest BCUT2D eigenvalue weighted by Gasteiger charge is -2.33. The molecule has 0 saturated heterocycles. The zero-order chi connectivity index (χ0) is 24.1. The monoisotopic (exact) mass is 496 g/mol. The Morgan fingerprint density at radius 3 is 2.56 bits per heavy atom. The maximum absolute atomic E-state index is 14.1. The van der Waals surface area contributed by atoms with Gasteiger partial charge in [-0.3, -0.25) is 4.79 Å². The molecule has 2 heterocycles. The first-order valence-electron chi connectivity index (χ1n) is 11.8. The number of carbonyl (C=O) groups is 1. The smallest absolute Gasteiger partial charge is 0.254 e. The fourth-order valence-electron chi connectivity index (χ4n) is 4.43. The summed E-state index contributed by atoms with van der Waals surface area (Å²) in [4.78, 5) is 16.0. The van der Waals surface area contributed by atoms with Gasteiger partial charge in [0, 0.05) is 24.9 Å². The number of amides is 1. The van der Waals surface area contributed by atoms with Gasteiger partial charge in [0.05, 0.1) is 21.8 Å². The van der Waals surface area contributed by atoms with Crippen LogP contribution in [0.25, 0.3) is 0 Å². The van der Waals surface area contributed by atoms with Gasteiger partial charge in [-0.05, 0) is 49.4 Å². The molecule has 0 bridgehead atoms. The Morgan fingerprint density at radius 2 is 1.82 bits per heavy atom. The molecule has 178 valence electrons. The van der Waals surface area contributed by atoms with Crippen LogP contribution in [0.2, 0.25) is 10.0 Å². The van der Waals surface area contributed by atoms with Gasteiger partial charge in [0.2, 0.25) is 0 Å². The van der Waals surface area contributed by atoms with Crippen LogP contribution in [0.4, 0.5) is 5.82 Å². The van der Waals surface area contributed by atoms with Crippen LogP contribution in [0, 0.1) is 0 Å². The van der Waals surface area contributed by atoms with E-state index in [2.05, 4.69) is 41.6 Å². The van der Waals surface area contributed by atoms with Crippen LogP contribution in [0.1, 0.15) is 50.3 Å². The predicted molar refractivity (Wildman–Crippen MR) is 139 cm³/mol. The zero-order valence-electron chi connectivity index (χ0n) is 19.6. The lowest BCUT2D eigenvalue weighted by Crippen LogP contribution is -2.39. The van der Waals surface area contributed by atoms with Crippen molar-refractivity contribution in [2.24, 2.45) is 0 Å². The van der Waals surface area contributed by atoms with Crippen molar-refractivity contribution in [2.75, 3.05) is 18.4 Å². The molecule has 2 aromatic carbocycles. The second kappa shape index (κ2) is 11.1. The zero-order valence-corrected chi connectivity index (χ0v) is 21.1. The van der Waals surface area contributed by atoms with Gasteiger partial charge in [-0.2, -0.15) is 5.10 Å². The topological polar surface area (TPSA) is 50.2 Å². The second-order valence-corrected chi connectivity index (χ2v) is 9.45. The van der Waals surface area contributed by atoms with Gasteiger partial charge < -0.3 is 10.2 Å². The molecule has 0 saturated carbocycles. The molecule has 1 unspecified atom stereocenters. The highest BCUT2D eigenvalue weighted by molar-refractivity contribution is 6.42. The minimum atomic E-state index is -0.383. The fraction of sp³-hybridized carbons (Fsp3) is 0.333. The minimum absolute atomic E-state index is 0.0312. The number of hydrogen-bond donors (Lipinski definition) is 1. The van der Waals surface area contributed by atoms with E-state index in [1.165, 1.54) is 5.56 Å². The van der Waals surface area contributed by atoms with Crippen LogP contribution in [0.5, 0.6) is 0 Å². The van der Waals surface area contributed by atoms with E-state index >= 15 is 0 Å². The summed E-state index contributed by atoms with van der Waals surface area (Å²) < 4.78 is 1.85. The molecule has 3 aromatic rings. The number of aryl methyl sites for hydroxylation is 1. The van der Waals surface area contributed by atoms with Crippen molar-refractivity contribution in [3.05, 3.63) is 93.2 Å². The van der Waals surface area contributed by atoms with Gasteiger partial charge >= 0.3 is 0 Å². The highest BCUT2D eigenvalue weighted by atomic mass is 35.5. The number of halogens is 2. The van der Waals surface area contributed by atoms with Crippen molar-refractivity contribution in [3.63, 3.8) is 0 Å². The molecular formula is C27H30Cl2N4O. The van der Waals surface area contributed by atoms with E-state index in [0.29, 0.717) is 22.2 Å². The molecule has 1 atom stereocenters. The quantitative estimate of drug-likeness (QED) is 0.356. The lowest BCUT2D eigenvalue weighted by atomic mass is 9.94. The number of aromatic nitrogens is 2. The van der Waals surface area contributed by atoms with Gasteiger partial charge in [-0.15, -0.1) is 0 Å². The van der Waals surface area contributed by atoms with E-state index in [1.54, 1.807) is 12.3 Å². The van der Waals surface area contributed by atoms with Crippen molar-refractivity contribution in [1.82, 2.24) is 14.7 Å². The number of carbonyl (C=O) groups excluding carboxylic acids is 1. The fourth-order valence-corrected chi connectivity index (χ4v) is 4.73. The minimum Gasteiger partial charge on any atom is -0.344 e. The summed E-state index contributed by atoms with van der Waals surface area (Å²) in [5.74, 6) is 0.873. The molecule has 0 radical (unpaired) electrons. The second-order valence-electron chi connectivity index (χ2n) is 8.64. The van der Waals surface area contributed by atoms with Crippen LogP contribution in [-0.4, -0.2) is 33.7 Å². The maximum Gasteiger partial charge on any atom is 0.254 e. The van der Waals surface area contributed by atoms with Crippen molar-refractivity contribution in [1.29, 1.82) is 0 Å². The Kier molecular flexibility index (Phi) is 7.96. The number of anilines is 1. The van der Waals surface area contributed by atoms with E-state index in [-0.39, 0.29) is 11.9 Å². The number of nitrogens with zero attached hydrogens (tertiary/aromatic N) is 3. The standard InChI is InChI=1S/C27H30Cl2N4O/c1-3-4-16-32(17-8-11-20-9-6-5-7-10-20)27(34)25-19(2)31-24-14-15-30-33(24)26(25)21-12-13-22(28)23(29)18-21/h5-7,9-10,12-15,18,26,31H,3-4,8,11,16-17H2,1-2H3. The molecule has 1 aliphatic rings. The maximum atomic E-state index is 14.1. The van der Waals surface area contributed by atoms with E-state index < -0.39 is 0 Å². The molecule has 1 aliphatic heterocycles. The molecular weight excluding hydrogens is 467 g/mol. The normalized spacial score (nSPS) is 15.1. The van der Waals surface area contributed by atoms with Gasteiger partial charge in [-0.1, -0.05) is 72.9 Å². The average molecular weight is 497 g/mol. The molecule has 1 aromatic heterocycles. The van der Waals surface area contributed by atoms with Gasteiger partial charge in [0.15, 0.2) is 0 Å². The summed E-state index contributed by atoms with van der Waals surface area (Å²) in [5.41, 5.74) is 3.68. The van der Waals surface area contributed by atoms with E-state index in [0.717, 1.165) is 49.3 Å². The third-order valence-corrected chi connectivity index (χ3v) is 6.94. The third kappa shape index (κ3) is 5.31. The SMILES string of the molecule is CCCCN(CCCc1ccccc1)C(=O)C1=C(C)Nc2ccnn2C1c1ccc(Cl)c(Cl)c1. The average Bonchev–Trinajstić information content (AvgIpc) is 3.30. The first-order chi connectivity index (χ1) is 16.5. The first-order valence-corrected chi connectivity index (χ1v) is 12.5. The Balaban J connectivity index is 1.64. The van der Waals surface area contributed by atoms with Crippen molar-refractivity contribution >= 4 is 34.9 Å². The van der Waals surface area contributed by atoms with Crippen LogP contribution in [0.15, 0.2) is 72.1 Å². The molecule has 1 N–H and O–H groups in total. The summed E-state index contributed by atoms with van der Waals surface area (Å²) in [6.45, 7) is 5.52. The number of rotatable bonds is 9. The van der Waals surface area contributed by atoms with Crippen LogP contribution in [0.3, 0.4) is 0 Å². The number of fused-ring (bicyclic) bond motifs is 1. The molecule has 0 spiro atoms. The van der Waals surface area contributed by atoms with E-state index in [9.17, 15) is 4.79 Å². The molecule has 5 nitrogen and oxygen atoms in total. The number of allylic oxidation sites excluding steroid dienone is 1. The van der Waals surface area contributed by atoms with Gasteiger partial charge in [0.25, 0.3) is 5.91 Å². The molecule has 0 fully saturated rings. The molecule has 34 heavy (non-hydrogen) atoms. The van der Waals surface area contributed by atoms with E-state index in [4.69, 9.17) is 23.2 Å². The molecule has 1 amide bonds. The third-order valence-electron chi connectivity index (χ3n) is 6.20. The van der Waals surface area contributed by atoms with Gasteiger partial charge in [0.1, 0.15) is 11.9 Å². The molecule has 4 rings (SSSR count). The van der Waals surface area contributed by atoms with Crippen LogP contribution < -0.4 is 5.32 Å². The van der Waals surface area contributed by atoms with Crippen LogP contribution >= 0.6 is 23.2 Å². The highest BCUT2D eigenvalue weighted by Crippen LogP contribution is 2.38. The van der Waals surface area contributed by atoms with Crippen LogP contribution in [-0.2, 0) is 11.2 Å². The molecule has 7 heteroatoms. The number of nitrogens with one attached hydrogen (secondary N) is 1.